The first-order valence-electron chi connectivity index (χ1n) is 7.73. The molecule has 4 nitrogen and oxygen atoms in total. The van der Waals surface area contributed by atoms with Crippen LogP contribution in [-0.2, 0) is 6.54 Å². The Balaban J connectivity index is 1.74. The number of benzene rings is 1. The largest absolute Gasteiger partial charge is 0.493 e. The average Bonchev–Trinajstić information content (AvgIpc) is 2.74. The van der Waals surface area contributed by atoms with Crippen LogP contribution in [0.15, 0.2) is 36.4 Å². The molecular weight excluding hydrogens is 276 g/mol. The molecule has 116 valence electrons. The van der Waals surface area contributed by atoms with Crippen molar-refractivity contribution in [2.45, 2.75) is 32.4 Å². The summed E-state index contributed by atoms with van der Waals surface area (Å²) >= 11 is 0. The Labute approximate surface area is 131 Å². The fourth-order valence-electron chi connectivity index (χ4n) is 2.79. The van der Waals surface area contributed by atoms with Gasteiger partial charge in [0.25, 0.3) is 0 Å². The van der Waals surface area contributed by atoms with Crippen molar-refractivity contribution in [3.05, 3.63) is 53.2 Å². The number of fused-ring (bicyclic) bond motifs is 1. The van der Waals surface area contributed by atoms with Crippen molar-refractivity contribution in [1.29, 1.82) is 0 Å². The summed E-state index contributed by atoms with van der Waals surface area (Å²) in [7, 11) is 1.64. The first-order valence-corrected chi connectivity index (χ1v) is 7.73. The lowest BCUT2D eigenvalue weighted by atomic mass is 10.0. The SMILES string of the molecule is COc1cccc(CN[C@H]2CCCOc3cc(C)ccc32)n1. The molecule has 1 aromatic carbocycles. The van der Waals surface area contributed by atoms with Crippen LogP contribution in [0.2, 0.25) is 0 Å². The normalized spacial score (nSPS) is 17.3. The maximum Gasteiger partial charge on any atom is 0.213 e. The minimum atomic E-state index is 0.297. The predicted octanol–water partition coefficient (Wildman–Crippen LogP) is 3.40. The van der Waals surface area contributed by atoms with Gasteiger partial charge in [-0.2, -0.15) is 0 Å². The Kier molecular flexibility index (Phi) is 4.59. The predicted molar refractivity (Wildman–Crippen MR) is 86.3 cm³/mol. The number of hydrogen-bond acceptors (Lipinski definition) is 4. The zero-order valence-electron chi connectivity index (χ0n) is 13.1. The lowest BCUT2D eigenvalue weighted by molar-refractivity contribution is 0.315. The summed E-state index contributed by atoms with van der Waals surface area (Å²) in [5.74, 6) is 1.66. The quantitative estimate of drug-likeness (QED) is 0.939. The van der Waals surface area contributed by atoms with Crippen LogP contribution in [0.5, 0.6) is 11.6 Å². The van der Waals surface area contributed by atoms with E-state index < -0.39 is 0 Å². The van der Waals surface area contributed by atoms with Crippen LogP contribution in [0.1, 0.15) is 35.7 Å². The molecule has 0 saturated heterocycles. The zero-order chi connectivity index (χ0) is 15.4. The highest BCUT2D eigenvalue weighted by atomic mass is 16.5. The first-order chi connectivity index (χ1) is 10.8. The standard InChI is InChI=1S/C18H22N2O2/c1-13-8-9-15-16(6-4-10-22-17(15)11-13)19-12-14-5-3-7-18(20-14)21-2/h3,5,7-9,11,16,19H,4,6,10,12H2,1-2H3/t16-/m0/s1. The number of rotatable bonds is 4. The average molecular weight is 298 g/mol. The van der Waals surface area contributed by atoms with Crippen molar-refractivity contribution in [2.24, 2.45) is 0 Å². The third-order valence-electron chi connectivity index (χ3n) is 3.96. The van der Waals surface area contributed by atoms with E-state index in [1.165, 1.54) is 11.1 Å². The number of ether oxygens (including phenoxy) is 2. The third-order valence-corrected chi connectivity index (χ3v) is 3.96. The van der Waals surface area contributed by atoms with E-state index >= 15 is 0 Å². The molecule has 3 rings (SSSR count). The Hall–Kier alpha value is -2.07. The highest BCUT2D eigenvalue weighted by molar-refractivity contribution is 5.40. The molecule has 1 aromatic heterocycles. The molecule has 1 N–H and O–H groups in total. The topological polar surface area (TPSA) is 43.4 Å². The summed E-state index contributed by atoms with van der Waals surface area (Å²) in [4.78, 5) is 4.45. The van der Waals surface area contributed by atoms with E-state index in [1.54, 1.807) is 7.11 Å². The van der Waals surface area contributed by atoms with Gasteiger partial charge in [0, 0.05) is 24.2 Å². The maximum absolute atomic E-state index is 5.87. The van der Waals surface area contributed by atoms with Crippen LogP contribution in [0, 0.1) is 6.92 Å². The Morgan fingerprint density at radius 3 is 3.09 bits per heavy atom. The molecule has 1 atom stereocenters. The molecular formula is C18H22N2O2. The number of hydrogen-bond donors (Lipinski definition) is 1. The van der Waals surface area contributed by atoms with Crippen molar-refractivity contribution in [3.63, 3.8) is 0 Å². The monoisotopic (exact) mass is 298 g/mol. The minimum Gasteiger partial charge on any atom is -0.493 e. The summed E-state index contributed by atoms with van der Waals surface area (Å²) in [6.07, 6.45) is 2.12. The molecule has 2 aromatic rings. The fraction of sp³-hybridized carbons (Fsp3) is 0.389. The van der Waals surface area contributed by atoms with Crippen molar-refractivity contribution >= 4 is 0 Å². The molecule has 0 unspecified atom stereocenters. The molecule has 0 fully saturated rings. The molecule has 0 aliphatic carbocycles. The summed E-state index contributed by atoms with van der Waals surface area (Å²) in [5.41, 5.74) is 3.46. The Morgan fingerprint density at radius 1 is 1.32 bits per heavy atom. The molecule has 4 heteroatoms. The van der Waals surface area contributed by atoms with E-state index in [2.05, 4.69) is 35.4 Å². The number of methoxy groups -OCH3 is 1. The van der Waals surface area contributed by atoms with E-state index in [4.69, 9.17) is 9.47 Å². The smallest absolute Gasteiger partial charge is 0.213 e. The minimum absolute atomic E-state index is 0.297. The van der Waals surface area contributed by atoms with E-state index in [0.29, 0.717) is 11.9 Å². The van der Waals surface area contributed by atoms with Crippen LogP contribution in [0.4, 0.5) is 0 Å². The number of nitrogens with one attached hydrogen (secondary N) is 1. The zero-order valence-corrected chi connectivity index (χ0v) is 13.1. The summed E-state index contributed by atoms with van der Waals surface area (Å²) in [6.45, 7) is 3.60. The van der Waals surface area contributed by atoms with Crippen LogP contribution in [-0.4, -0.2) is 18.7 Å². The van der Waals surface area contributed by atoms with Crippen molar-refractivity contribution in [1.82, 2.24) is 10.3 Å². The lowest BCUT2D eigenvalue weighted by Gasteiger charge is -2.18. The van der Waals surface area contributed by atoms with Crippen LogP contribution in [0.3, 0.4) is 0 Å². The van der Waals surface area contributed by atoms with Gasteiger partial charge in [0.15, 0.2) is 0 Å². The fourth-order valence-corrected chi connectivity index (χ4v) is 2.79. The first kappa shape index (κ1) is 14.9. The van der Waals surface area contributed by atoms with Gasteiger partial charge in [-0.3, -0.25) is 0 Å². The lowest BCUT2D eigenvalue weighted by Crippen LogP contribution is -2.21. The highest BCUT2D eigenvalue weighted by Crippen LogP contribution is 2.32. The van der Waals surface area contributed by atoms with Crippen molar-refractivity contribution in [2.75, 3.05) is 13.7 Å². The van der Waals surface area contributed by atoms with Gasteiger partial charge in [-0.15, -0.1) is 0 Å². The van der Waals surface area contributed by atoms with E-state index in [0.717, 1.165) is 37.4 Å². The molecule has 0 amide bonds. The second kappa shape index (κ2) is 6.79. The third kappa shape index (κ3) is 3.39. The van der Waals surface area contributed by atoms with Crippen LogP contribution in [0.25, 0.3) is 0 Å². The Bertz CT molecular complexity index is 643. The number of aromatic nitrogens is 1. The van der Waals surface area contributed by atoms with Crippen molar-refractivity contribution < 1.29 is 9.47 Å². The number of pyridine rings is 1. The van der Waals surface area contributed by atoms with Gasteiger partial charge in [-0.05, 0) is 37.5 Å². The van der Waals surface area contributed by atoms with E-state index in [1.807, 2.05) is 18.2 Å². The molecule has 0 bridgehead atoms. The highest BCUT2D eigenvalue weighted by Gasteiger charge is 2.19. The van der Waals surface area contributed by atoms with E-state index in [9.17, 15) is 0 Å². The summed E-state index contributed by atoms with van der Waals surface area (Å²) < 4.78 is 11.0. The van der Waals surface area contributed by atoms with Gasteiger partial charge in [0.05, 0.1) is 19.4 Å². The van der Waals surface area contributed by atoms with Gasteiger partial charge in [0.2, 0.25) is 5.88 Å². The molecule has 0 spiro atoms. The van der Waals surface area contributed by atoms with Gasteiger partial charge >= 0.3 is 0 Å². The van der Waals surface area contributed by atoms with Gasteiger partial charge in [0.1, 0.15) is 5.75 Å². The maximum atomic E-state index is 5.87. The molecule has 1 aliphatic heterocycles. The Morgan fingerprint density at radius 2 is 2.23 bits per heavy atom. The van der Waals surface area contributed by atoms with E-state index in [-0.39, 0.29) is 0 Å². The molecule has 2 heterocycles. The second-order valence-corrected chi connectivity index (χ2v) is 5.64. The molecule has 22 heavy (non-hydrogen) atoms. The molecule has 0 saturated carbocycles. The molecule has 0 radical (unpaired) electrons. The van der Waals surface area contributed by atoms with Crippen LogP contribution >= 0.6 is 0 Å². The number of nitrogens with zero attached hydrogens (tertiary/aromatic N) is 1. The summed E-state index contributed by atoms with van der Waals surface area (Å²) in [5, 5.41) is 3.61. The number of aryl methyl sites for hydroxylation is 1. The van der Waals surface area contributed by atoms with Gasteiger partial charge < -0.3 is 14.8 Å². The summed E-state index contributed by atoms with van der Waals surface area (Å²) in [6, 6.07) is 12.6. The van der Waals surface area contributed by atoms with Crippen LogP contribution < -0.4 is 14.8 Å². The van der Waals surface area contributed by atoms with Crippen molar-refractivity contribution in [3.8, 4) is 11.6 Å². The molecule has 1 aliphatic rings. The van der Waals surface area contributed by atoms with Gasteiger partial charge in [-0.25, -0.2) is 4.98 Å². The second-order valence-electron chi connectivity index (χ2n) is 5.64. The van der Waals surface area contributed by atoms with Gasteiger partial charge in [-0.1, -0.05) is 18.2 Å².